The van der Waals surface area contributed by atoms with Gasteiger partial charge in [0.25, 0.3) is 17.2 Å². The van der Waals surface area contributed by atoms with Gasteiger partial charge in [0, 0.05) is 32.3 Å². The number of nitro groups is 1. The molecule has 1 aliphatic rings. The van der Waals surface area contributed by atoms with Gasteiger partial charge in [-0.25, -0.2) is 4.98 Å². The number of aromatic nitrogens is 2. The first kappa shape index (κ1) is 23.4. The Bertz CT molecular complexity index is 1630. The predicted molar refractivity (Wildman–Crippen MR) is 147 cm³/mol. The number of carbonyl (C=O) groups excluding carboxylic acids is 1. The molecule has 0 saturated carbocycles. The summed E-state index contributed by atoms with van der Waals surface area (Å²) in [4.78, 5) is 44.0. The Morgan fingerprint density at radius 3 is 2.51 bits per heavy atom. The van der Waals surface area contributed by atoms with Crippen molar-refractivity contribution < 1.29 is 9.72 Å². The molecular weight excluding hydrogens is 627 g/mol. The van der Waals surface area contributed by atoms with E-state index in [1.165, 1.54) is 28.8 Å². The molecule has 1 aliphatic heterocycles. The maximum Gasteiger partial charge on any atom is 0.269 e. The number of carbonyl (C=O) groups is 1. The number of benzene rings is 3. The Hall–Kier alpha value is -3.38. The molecule has 2 heterocycles. The third-order valence-electron chi connectivity index (χ3n) is 5.78. The summed E-state index contributed by atoms with van der Waals surface area (Å²) in [6.45, 7) is 2.39. The number of anilines is 1. The summed E-state index contributed by atoms with van der Waals surface area (Å²) in [5.74, 6) is 0.0672. The number of nitro benzene ring substituents is 1. The predicted octanol–water partition coefficient (Wildman–Crippen LogP) is 5.57. The first-order valence-electron chi connectivity index (χ1n) is 10.6. The van der Waals surface area contributed by atoms with Crippen LogP contribution in [0.2, 0.25) is 0 Å². The highest BCUT2D eigenvalue weighted by Crippen LogP contribution is 2.39. The Balaban J connectivity index is 1.80. The van der Waals surface area contributed by atoms with Crippen molar-refractivity contribution in [1.29, 1.82) is 0 Å². The molecular formula is C25H16BrIN4O4. The van der Waals surface area contributed by atoms with Crippen LogP contribution < -0.4 is 10.5 Å². The molecule has 8 nitrogen and oxygen atoms in total. The first-order chi connectivity index (χ1) is 16.8. The minimum absolute atomic E-state index is 0.0895. The van der Waals surface area contributed by atoms with E-state index in [1.807, 2.05) is 31.2 Å². The van der Waals surface area contributed by atoms with E-state index in [2.05, 4.69) is 38.5 Å². The number of likely N-dealkylation sites (N-methyl/N-ethyl adjacent to an activating group) is 1. The summed E-state index contributed by atoms with van der Waals surface area (Å²) < 4.78 is 3.08. The van der Waals surface area contributed by atoms with Gasteiger partial charge in [0.1, 0.15) is 5.82 Å². The average Bonchev–Trinajstić information content (AvgIpc) is 3.09. The number of non-ortho nitro benzene ring substituents is 1. The second kappa shape index (κ2) is 9.00. The molecule has 4 aromatic rings. The Labute approximate surface area is 221 Å². The highest BCUT2D eigenvalue weighted by Gasteiger charge is 2.32. The number of halogens is 2. The van der Waals surface area contributed by atoms with Crippen molar-refractivity contribution in [2.75, 3.05) is 11.4 Å². The van der Waals surface area contributed by atoms with Crippen LogP contribution in [0.4, 0.5) is 11.4 Å². The monoisotopic (exact) mass is 642 g/mol. The molecule has 35 heavy (non-hydrogen) atoms. The quantitative estimate of drug-likeness (QED) is 0.126. The molecule has 0 aliphatic carbocycles. The van der Waals surface area contributed by atoms with E-state index in [0.717, 1.165) is 19.3 Å². The fourth-order valence-corrected chi connectivity index (χ4v) is 5.01. The zero-order chi connectivity index (χ0) is 24.9. The average molecular weight is 643 g/mol. The number of nitrogens with zero attached hydrogens (tertiary/aromatic N) is 4. The lowest BCUT2D eigenvalue weighted by Crippen LogP contribution is -2.26. The summed E-state index contributed by atoms with van der Waals surface area (Å²) in [7, 11) is 0. The van der Waals surface area contributed by atoms with Gasteiger partial charge >= 0.3 is 0 Å². The van der Waals surface area contributed by atoms with Crippen molar-refractivity contribution in [2.24, 2.45) is 0 Å². The minimum atomic E-state index is -0.498. The summed E-state index contributed by atoms with van der Waals surface area (Å²) >= 11 is 5.60. The van der Waals surface area contributed by atoms with Gasteiger partial charge in [-0.15, -0.1) is 0 Å². The maximum atomic E-state index is 13.6. The zero-order valence-electron chi connectivity index (χ0n) is 18.2. The van der Waals surface area contributed by atoms with Crippen LogP contribution in [0.1, 0.15) is 18.3 Å². The molecule has 1 amide bonds. The molecule has 1 aromatic heterocycles. The van der Waals surface area contributed by atoms with Crippen LogP contribution >= 0.6 is 38.5 Å². The molecule has 0 spiro atoms. The van der Waals surface area contributed by atoms with Gasteiger partial charge in [0.05, 0.1) is 32.8 Å². The Kier molecular flexibility index (Phi) is 6.01. The van der Waals surface area contributed by atoms with Crippen LogP contribution in [-0.2, 0) is 4.79 Å². The van der Waals surface area contributed by atoms with Crippen molar-refractivity contribution >= 4 is 78.4 Å². The lowest BCUT2D eigenvalue weighted by Gasteiger charge is -2.14. The van der Waals surface area contributed by atoms with Crippen LogP contribution in [0.15, 0.2) is 69.9 Å². The van der Waals surface area contributed by atoms with Crippen molar-refractivity contribution in [1.82, 2.24) is 9.55 Å². The summed E-state index contributed by atoms with van der Waals surface area (Å²) in [6.07, 6.45) is 1.61. The second-order valence-electron chi connectivity index (χ2n) is 7.81. The molecule has 0 saturated heterocycles. The van der Waals surface area contributed by atoms with Crippen molar-refractivity contribution in [3.63, 3.8) is 0 Å². The van der Waals surface area contributed by atoms with Crippen LogP contribution in [-0.4, -0.2) is 26.9 Å². The molecule has 5 rings (SSSR count). The number of hydrogen-bond acceptors (Lipinski definition) is 5. The lowest BCUT2D eigenvalue weighted by atomic mass is 10.1. The molecule has 3 aromatic carbocycles. The standard InChI is InChI=1S/C25H16BrIN4O4/c1-2-29-22-10-3-14(26)11-18(22)19(24(29)32)13-23-28-21-9-4-15(27)12-20(21)25(33)30(23)16-5-7-17(8-6-16)31(34)35/h3-13H,2H2,1H3. The SMILES string of the molecule is CCN1C(=O)C(=Cc2nc3ccc(I)cc3c(=O)n2-c2ccc([N+](=O)[O-])cc2)c2cc(Br)ccc21. The highest BCUT2D eigenvalue weighted by atomic mass is 127. The van der Waals surface area contributed by atoms with Crippen molar-refractivity contribution in [3.8, 4) is 5.69 Å². The molecule has 0 unspecified atom stereocenters. The van der Waals surface area contributed by atoms with Crippen LogP contribution in [0.5, 0.6) is 0 Å². The van der Waals surface area contributed by atoms with E-state index >= 15 is 0 Å². The van der Waals surface area contributed by atoms with E-state index in [0.29, 0.717) is 28.7 Å². The maximum absolute atomic E-state index is 13.6. The second-order valence-corrected chi connectivity index (χ2v) is 9.98. The smallest absolute Gasteiger partial charge is 0.269 e. The van der Waals surface area contributed by atoms with E-state index in [9.17, 15) is 19.7 Å². The zero-order valence-corrected chi connectivity index (χ0v) is 22.0. The van der Waals surface area contributed by atoms with Gasteiger partial charge in [-0.1, -0.05) is 15.9 Å². The molecule has 10 heteroatoms. The molecule has 174 valence electrons. The molecule has 0 bridgehead atoms. The molecule has 0 radical (unpaired) electrons. The number of rotatable bonds is 4. The molecule has 0 fully saturated rings. The number of fused-ring (bicyclic) bond motifs is 2. The van der Waals surface area contributed by atoms with Gasteiger partial charge in [-0.05, 0) is 84.1 Å². The largest absolute Gasteiger partial charge is 0.308 e. The summed E-state index contributed by atoms with van der Waals surface area (Å²) in [5.41, 5.74) is 2.41. The highest BCUT2D eigenvalue weighted by molar-refractivity contribution is 14.1. The van der Waals surface area contributed by atoms with Crippen molar-refractivity contribution in [2.45, 2.75) is 6.92 Å². The van der Waals surface area contributed by atoms with Crippen molar-refractivity contribution in [3.05, 3.63) is 101 Å². The van der Waals surface area contributed by atoms with Crippen LogP contribution in [0, 0.1) is 13.7 Å². The molecule has 0 atom stereocenters. The van der Waals surface area contributed by atoms with Gasteiger partial charge < -0.3 is 4.90 Å². The van der Waals surface area contributed by atoms with E-state index in [1.54, 1.807) is 23.1 Å². The Morgan fingerprint density at radius 2 is 1.83 bits per heavy atom. The number of hydrogen-bond donors (Lipinski definition) is 0. The van der Waals surface area contributed by atoms with Gasteiger partial charge in [-0.2, -0.15) is 0 Å². The third-order valence-corrected chi connectivity index (χ3v) is 6.94. The topological polar surface area (TPSA) is 98.3 Å². The van der Waals surface area contributed by atoms with E-state index in [4.69, 9.17) is 4.98 Å². The fraction of sp³-hybridized carbons (Fsp3) is 0.0800. The van der Waals surface area contributed by atoms with Gasteiger partial charge in [0.2, 0.25) is 0 Å². The van der Waals surface area contributed by atoms with Gasteiger partial charge in [-0.3, -0.25) is 24.3 Å². The van der Waals surface area contributed by atoms with Crippen LogP contribution in [0.25, 0.3) is 28.2 Å². The fourth-order valence-electron chi connectivity index (χ4n) is 4.16. The molecule has 0 N–H and O–H groups in total. The van der Waals surface area contributed by atoms with E-state index in [-0.39, 0.29) is 23.0 Å². The third kappa shape index (κ3) is 4.06. The Morgan fingerprint density at radius 1 is 1.09 bits per heavy atom. The normalized spacial score (nSPS) is 14.1. The first-order valence-corrected chi connectivity index (χ1v) is 12.5. The van der Waals surface area contributed by atoms with Crippen LogP contribution in [0.3, 0.4) is 0 Å². The summed E-state index contributed by atoms with van der Waals surface area (Å²) in [6, 6.07) is 16.7. The number of amides is 1. The van der Waals surface area contributed by atoms with E-state index < -0.39 is 4.92 Å². The van der Waals surface area contributed by atoms with Gasteiger partial charge in [0.15, 0.2) is 0 Å². The minimum Gasteiger partial charge on any atom is -0.308 e. The lowest BCUT2D eigenvalue weighted by molar-refractivity contribution is -0.384. The summed E-state index contributed by atoms with van der Waals surface area (Å²) in [5, 5.41) is 11.5.